The highest BCUT2D eigenvalue weighted by Gasteiger charge is 2.29. The first kappa shape index (κ1) is 16.0. The number of aromatic nitrogens is 3. The van der Waals surface area contributed by atoms with Crippen molar-refractivity contribution in [1.29, 1.82) is 0 Å². The van der Waals surface area contributed by atoms with Crippen LogP contribution < -0.4 is 5.56 Å². The van der Waals surface area contributed by atoms with E-state index in [1.807, 2.05) is 31.5 Å². The monoisotopic (exact) mass is 303 g/mol. The summed E-state index contributed by atoms with van der Waals surface area (Å²) < 4.78 is 3.42. The molecule has 118 valence electrons. The molecule has 6 heteroatoms. The second-order valence-electron chi connectivity index (χ2n) is 6.53. The lowest BCUT2D eigenvalue weighted by Crippen LogP contribution is -2.37. The van der Waals surface area contributed by atoms with Crippen molar-refractivity contribution >= 4 is 5.97 Å². The van der Waals surface area contributed by atoms with Gasteiger partial charge in [-0.3, -0.25) is 4.79 Å². The molecular formula is C16H21N3O3. The van der Waals surface area contributed by atoms with E-state index in [0.717, 1.165) is 0 Å². The minimum atomic E-state index is -1.19. The van der Waals surface area contributed by atoms with Crippen molar-refractivity contribution in [3.05, 3.63) is 52.5 Å². The van der Waals surface area contributed by atoms with Crippen LogP contribution in [0.25, 0.3) is 0 Å². The van der Waals surface area contributed by atoms with E-state index in [-0.39, 0.29) is 17.0 Å². The molecule has 0 amide bonds. The molecule has 1 unspecified atom stereocenters. The van der Waals surface area contributed by atoms with Gasteiger partial charge in [0.2, 0.25) is 0 Å². The highest BCUT2D eigenvalue weighted by Crippen LogP contribution is 2.31. The number of hydrogen-bond donors (Lipinski definition) is 1. The van der Waals surface area contributed by atoms with Gasteiger partial charge >= 0.3 is 5.97 Å². The van der Waals surface area contributed by atoms with Crippen LogP contribution in [-0.4, -0.2) is 25.2 Å². The molecule has 2 heterocycles. The van der Waals surface area contributed by atoms with Gasteiger partial charge in [-0.05, 0) is 24.0 Å². The summed E-state index contributed by atoms with van der Waals surface area (Å²) in [6.45, 7) is 8.27. The predicted octanol–water partition coefficient (Wildman–Crippen LogP) is 2.34. The molecule has 0 aliphatic carbocycles. The molecule has 6 nitrogen and oxygen atoms in total. The molecule has 0 saturated heterocycles. The zero-order chi connectivity index (χ0) is 16.5. The molecule has 0 aromatic carbocycles. The zero-order valence-electron chi connectivity index (χ0n) is 13.3. The highest BCUT2D eigenvalue weighted by atomic mass is 16.4. The molecule has 0 aliphatic heterocycles. The number of pyridine rings is 1. The van der Waals surface area contributed by atoms with Crippen LogP contribution in [0.3, 0.4) is 0 Å². The summed E-state index contributed by atoms with van der Waals surface area (Å²) >= 11 is 0. The molecule has 22 heavy (non-hydrogen) atoms. The second-order valence-corrected chi connectivity index (χ2v) is 6.53. The first-order valence-electron chi connectivity index (χ1n) is 7.12. The first-order chi connectivity index (χ1) is 10.2. The number of hydrogen-bond acceptors (Lipinski definition) is 3. The Balaban J connectivity index is 2.56. The number of carbonyl (C=O) groups is 1. The van der Waals surface area contributed by atoms with Crippen LogP contribution in [0.1, 0.15) is 42.7 Å². The Hall–Kier alpha value is -2.37. The van der Waals surface area contributed by atoms with Crippen LogP contribution in [0, 0.1) is 12.3 Å². The van der Waals surface area contributed by atoms with Gasteiger partial charge in [0, 0.05) is 25.1 Å². The molecular weight excluding hydrogens is 282 g/mol. The fraction of sp³-hybridized carbons (Fsp3) is 0.438. The smallest absolute Gasteiger partial charge is 0.341 e. The van der Waals surface area contributed by atoms with Gasteiger partial charge in [-0.15, -0.1) is 0 Å². The third kappa shape index (κ3) is 3.10. The van der Waals surface area contributed by atoms with Crippen molar-refractivity contribution in [2.75, 3.05) is 0 Å². The lowest BCUT2D eigenvalue weighted by atomic mass is 9.86. The van der Waals surface area contributed by atoms with Gasteiger partial charge < -0.3 is 14.2 Å². The normalized spacial score (nSPS) is 13.1. The van der Waals surface area contributed by atoms with Crippen molar-refractivity contribution in [2.24, 2.45) is 5.41 Å². The van der Waals surface area contributed by atoms with Crippen molar-refractivity contribution in [3.8, 4) is 0 Å². The van der Waals surface area contributed by atoms with Crippen LogP contribution in [0.5, 0.6) is 0 Å². The number of rotatable bonds is 4. The summed E-state index contributed by atoms with van der Waals surface area (Å²) in [6, 6.07) is 1.49. The molecule has 2 rings (SSSR count). The fourth-order valence-electron chi connectivity index (χ4n) is 2.52. The van der Waals surface area contributed by atoms with E-state index in [1.54, 1.807) is 31.7 Å². The standard InChI is InChI=1S/C16H21N3O3/c1-11-5-7-19(14(20)13(11)15(21)22)12(16(2,3)4)9-18-8-6-17-10-18/h5-8,10,12H,9H2,1-4H3,(H,21,22). The molecule has 0 saturated carbocycles. The van der Waals surface area contributed by atoms with Crippen molar-refractivity contribution < 1.29 is 9.90 Å². The summed E-state index contributed by atoms with van der Waals surface area (Å²) in [5.41, 5.74) is -0.377. The van der Waals surface area contributed by atoms with Crippen molar-refractivity contribution in [2.45, 2.75) is 40.3 Å². The maximum atomic E-state index is 12.6. The Morgan fingerprint density at radius 2 is 2.05 bits per heavy atom. The topological polar surface area (TPSA) is 77.1 Å². The summed E-state index contributed by atoms with van der Waals surface area (Å²) in [6.07, 6.45) is 6.88. The fourth-order valence-corrected chi connectivity index (χ4v) is 2.52. The molecule has 1 N–H and O–H groups in total. The maximum Gasteiger partial charge on any atom is 0.341 e. The SMILES string of the molecule is Cc1ccn(C(Cn2ccnc2)C(C)(C)C)c(=O)c1C(=O)O. The van der Waals surface area contributed by atoms with Gasteiger partial charge in [-0.1, -0.05) is 20.8 Å². The zero-order valence-corrected chi connectivity index (χ0v) is 13.3. The molecule has 0 fully saturated rings. The maximum absolute atomic E-state index is 12.6. The third-order valence-electron chi connectivity index (χ3n) is 3.82. The van der Waals surface area contributed by atoms with Crippen LogP contribution in [0.4, 0.5) is 0 Å². The Kier molecular flexibility index (Phi) is 4.21. The van der Waals surface area contributed by atoms with E-state index in [1.165, 1.54) is 4.57 Å². The summed E-state index contributed by atoms with van der Waals surface area (Å²) in [5.74, 6) is -1.19. The average Bonchev–Trinajstić information content (AvgIpc) is 2.88. The molecule has 0 spiro atoms. The lowest BCUT2D eigenvalue weighted by Gasteiger charge is -2.33. The highest BCUT2D eigenvalue weighted by molar-refractivity contribution is 5.88. The first-order valence-corrected chi connectivity index (χ1v) is 7.12. The van der Waals surface area contributed by atoms with Gasteiger partial charge in [0.15, 0.2) is 0 Å². The minimum Gasteiger partial charge on any atom is -0.477 e. The molecule has 0 bridgehead atoms. The van der Waals surface area contributed by atoms with Gasteiger partial charge in [-0.25, -0.2) is 9.78 Å². The van der Waals surface area contributed by atoms with E-state index in [0.29, 0.717) is 12.1 Å². The van der Waals surface area contributed by atoms with E-state index >= 15 is 0 Å². The average molecular weight is 303 g/mol. The number of carboxylic acids is 1. The molecule has 2 aromatic heterocycles. The van der Waals surface area contributed by atoms with Gasteiger partial charge in [0.1, 0.15) is 5.56 Å². The third-order valence-corrected chi connectivity index (χ3v) is 3.82. The lowest BCUT2D eigenvalue weighted by molar-refractivity contribution is 0.0692. The van der Waals surface area contributed by atoms with E-state index in [2.05, 4.69) is 4.98 Å². The van der Waals surface area contributed by atoms with E-state index in [9.17, 15) is 14.7 Å². The predicted molar refractivity (Wildman–Crippen MR) is 83.1 cm³/mol. The van der Waals surface area contributed by atoms with Crippen LogP contribution >= 0.6 is 0 Å². The van der Waals surface area contributed by atoms with Crippen LogP contribution in [0.2, 0.25) is 0 Å². The molecule has 1 atom stereocenters. The largest absolute Gasteiger partial charge is 0.477 e. The Morgan fingerprint density at radius 3 is 2.55 bits per heavy atom. The summed E-state index contributed by atoms with van der Waals surface area (Å²) in [5, 5.41) is 9.28. The Bertz CT molecular complexity index is 724. The van der Waals surface area contributed by atoms with Crippen LogP contribution in [0.15, 0.2) is 35.8 Å². The number of aryl methyl sites for hydroxylation is 1. The quantitative estimate of drug-likeness (QED) is 0.940. The number of aromatic carboxylic acids is 1. The van der Waals surface area contributed by atoms with Gasteiger partial charge in [-0.2, -0.15) is 0 Å². The second kappa shape index (κ2) is 5.79. The van der Waals surface area contributed by atoms with Crippen LogP contribution in [-0.2, 0) is 6.54 Å². The van der Waals surface area contributed by atoms with E-state index < -0.39 is 11.5 Å². The number of imidazole rings is 1. The van der Waals surface area contributed by atoms with Gasteiger partial charge in [0.25, 0.3) is 5.56 Å². The molecule has 2 aromatic rings. The minimum absolute atomic E-state index is 0.164. The van der Waals surface area contributed by atoms with Gasteiger partial charge in [0.05, 0.1) is 12.4 Å². The van der Waals surface area contributed by atoms with Crippen molar-refractivity contribution in [3.63, 3.8) is 0 Å². The summed E-state index contributed by atoms with van der Waals surface area (Å²) in [7, 11) is 0. The number of carboxylic acid groups (broad SMARTS) is 1. The Morgan fingerprint density at radius 1 is 1.36 bits per heavy atom. The molecule has 0 radical (unpaired) electrons. The Labute approximate surface area is 129 Å². The number of nitrogens with zero attached hydrogens (tertiary/aromatic N) is 3. The molecule has 0 aliphatic rings. The van der Waals surface area contributed by atoms with E-state index in [4.69, 9.17) is 0 Å². The summed E-state index contributed by atoms with van der Waals surface area (Å²) in [4.78, 5) is 28.0. The van der Waals surface area contributed by atoms with Crippen molar-refractivity contribution in [1.82, 2.24) is 14.1 Å².